The number of benzene rings is 1. The molecule has 0 aliphatic carbocycles. The van der Waals surface area contributed by atoms with Crippen LogP contribution in [0.4, 0.5) is 11.4 Å². The highest BCUT2D eigenvalue weighted by molar-refractivity contribution is 9.10. The SMILES string of the molecule is Cn1cc(C(=O)Nc2cc(Cl)cc(NS(C)(=O)=O)c2)cc1Br. The van der Waals surface area contributed by atoms with Gasteiger partial charge in [-0.3, -0.25) is 9.52 Å². The third-order valence-corrected chi connectivity index (χ3v) is 4.28. The lowest BCUT2D eigenvalue weighted by molar-refractivity contribution is 0.102. The molecule has 22 heavy (non-hydrogen) atoms. The van der Waals surface area contributed by atoms with E-state index in [2.05, 4.69) is 26.0 Å². The predicted molar refractivity (Wildman–Crippen MR) is 91.0 cm³/mol. The molecule has 2 rings (SSSR count). The van der Waals surface area contributed by atoms with Crippen LogP contribution < -0.4 is 10.0 Å². The number of carbonyl (C=O) groups is 1. The molecule has 0 unspecified atom stereocenters. The lowest BCUT2D eigenvalue weighted by atomic mass is 10.2. The average Bonchev–Trinajstić information content (AvgIpc) is 2.66. The lowest BCUT2D eigenvalue weighted by Gasteiger charge is -2.09. The number of amides is 1. The lowest BCUT2D eigenvalue weighted by Crippen LogP contribution is -2.13. The fourth-order valence-corrected chi connectivity index (χ4v) is 2.93. The van der Waals surface area contributed by atoms with Crippen LogP contribution in [0.3, 0.4) is 0 Å². The van der Waals surface area contributed by atoms with Crippen LogP contribution >= 0.6 is 27.5 Å². The van der Waals surface area contributed by atoms with E-state index in [1.807, 2.05) is 0 Å². The standard InChI is InChI=1S/C13H13BrClN3O3S/c1-18-7-8(3-12(18)14)13(19)16-10-4-9(15)5-11(6-10)17-22(2,20)21/h3-7,17H,1-2H3,(H,16,19). The highest BCUT2D eigenvalue weighted by atomic mass is 79.9. The van der Waals surface area contributed by atoms with E-state index < -0.39 is 10.0 Å². The normalized spacial score (nSPS) is 11.3. The molecule has 0 radical (unpaired) electrons. The van der Waals surface area contributed by atoms with Crippen molar-refractivity contribution in [2.45, 2.75) is 0 Å². The zero-order valence-electron chi connectivity index (χ0n) is 11.7. The molecule has 0 fully saturated rings. The molecule has 0 aliphatic rings. The maximum atomic E-state index is 12.2. The molecule has 6 nitrogen and oxygen atoms in total. The predicted octanol–water partition coefficient (Wildman–Crippen LogP) is 3.06. The van der Waals surface area contributed by atoms with Gasteiger partial charge in [-0.15, -0.1) is 0 Å². The largest absolute Gasteiger partial charge is 0.345 e. The number of nitrogens with zero attached hydrogens (tertiary/aromatic N) is 1. The number of sulfonamides is 1. The van der Waals surface area contributed by atoms with Gasteiger partial charge in [-0.2, -0.15) is 0 Å². The summed E-state index contributed by atoms with van der Waals surface area (Å²) >= 11 is 9.25. The van der Waals surface area contributed by atoms with E-state index in [1.165, 1.54) is 18.2 Å². The molecule has 118 valence electrons. The summed E-state index contributed by atoms with van der Waals surface area (Å²) in [5.74, 6) is -0.325. The van der Waals surface area contributed by atoms with E-state index in [9.17, 15) is 13.2 Å². The first-order chi connectivity index (χ1) is 10.1. The van der Waals surface area contributed by atoms with Crippen molar-refractivity contribution >= 4 is 54.8 Å². The van der Waals surface area contributed by atoms with Gasteiger partial charge in [0.15, 0.2) is 0 Å². The van der Waals surface area contributed by atoms with E-state index >= 15 is 0 Å². The second-order valence-corrected chi connectivity index (χ2v) is 7.72. The van der Waals surface area contributed by atoms with Gasteiger partial charge in [-0.05, 0) is 40.2 Å². The molecule has 2 aromatic rings. The molecule has 1 aromatic heterocycles. The minimum atomic E-state index is -3.42. The van der Waals surface area contributed by atoms with Crippen molar-refractivity contribution in [3.8, 4) is 0 Å². The first kappa shape index (κ1) is 16.9. The Morgan fingerprint density at radius 1 is 1.23 bits per heavy atom. The van der Waals surface area contributed by atoms with Crippen LogP contribution in [0, 0.1) is 0 Å². The molecular formula is C13H13BrClN3O3S. The van der Waals surface area contributed by atoms with Crippen molar-refractivity contribution in [3.63, 3.8) is 0 Å². The van der Waals surface area contributed by atoms with E-state index in [4.69, 9.17) is 11.6 Å². The molecule has 0 bridgehead atoms. The molecule has 0 saturated heterocycles. The van der Waals surface area contributed by atoms with Crippen molar-refractivity contribution < 1.29 is 13.2 Å². The van der Waals surface area contributed by atoms with E-state index in [0.29, 0.717) is 16.3 Å². The summed E-state index contributed by atoms with van der Waals surface area (Å²) in [7, 11) is -1.62. The Bertz CT molecular complexity index is 814. The van der Waals surface area contributed by atoms with Gasteiger partial charge in [-0.1, -0.05) is 11.6 Å². The second kappa shape index (κ2) is 6.31. The maximum Gasteiger partial charge on any atom is 0.257 e. The molecule has 0 atom stereocenters. The quantitative estimate of drug-likeness (QED) is 0.819. The Morgan fingerprint density at radius 3 is 2.41 bits per heavy atom. The van der Waals surface area contributed by atoms with Crippen LogP contribution in [0.5, 0.6) is 0 Å². The number of nitrogens with one attached hydrogen (secondary N) is 2. The number of halogens is 2. The summed E-state index contributed by atoms with van der Waals surface area (Å²) in [4.78, 5) is 12.2. The monoisotopic (exact) mass is 405 g/mol. The van der Waals surface area contributed by atoms with Crippen LogP contribution in [-0.4, -0.2) is 25.1 Å². The molecular weight excluding hydrogens is 394 g/mol. The van der Waals surface area contributed by atoms with E-state index in [0.717, 1.165) is 10.9 Å². The van der Waals surface area contributed by atoms with Crippen LogP contribution in [0.2, 0.25) is 5.02 Å². The molecule has 1 heterocycles. The number of aryl methyl sites for hydroxylation is 1. The summed E-state index contributed by atoms with van der Waals surface area (Å²) < 4.78 is 27.3. The maximum absolute atomic E-state index is 12.2. The van der Waals surface area contributed by atoms with Gasteiger partial charge in [0.2, 0.25) is 10.0 Å². The minimum Gasteiger partial charge on any atom is -0.345 e. The van der Waals surface area contributed by atoms with Gasteiger partial charge in [0, 0.05) is 24.0 Å². The molecule has 0 spiro atoms. The second-order valence-electron chi connectivity index (χ2n) is 4.72. The molecule has 1 amide bonds. The highest BCUT2D eigenvalue weighted by Crippen LogP contribution is 2.24. The van der Waals surface area contributed by atoms with Crippen molar-refractivity contribution in [2.24, 2.45) is 7.05 Å². The minimum absolute atomic E-state index is 0.277. The van der Waals surface area contributed by atoms with Crippen molar-refractivity contribution in [1.82, 2.24) is 4.57 Å². The summed E-state index contributed by atoms with van der Waals surface area (Å²) in [5, 5.41) is 2.98. The van der Waals surface area contributed by atoms with Gasteiger partial charge in [0.1, 0.15) is 0 Å². The summed E-state index contributed by atoms with van der Waals surface area (Å²) in [5.41, 5.74) is 1.13. The van der Waals surface area contributed by atoms with Crippen LogP contribution in [-0.2, 0) is 17.1 Å². The van der Waals surface area contributed by atoms with Gasteiger partial charge < -0.3 is 9.88 Å². The zero-order chi connectivity index (χ0) is 16.5. The van der Waals surface area contributed by atoms with E-state index in [-0.39, 0.29) is 11.6 Å². The number of aromatic nitrogens is 1. The molecule has 2 N–H and O–H groups in total. The summed E-state index contributed by atoms with van der Waals surface area (Å²) in [6.45, 7) is 0. The number of hydrogen-bond acceptors (Lipinski definition) is 3. The van der Waals surface area contributed by atoms with Crippen LogP contribution in [0.1, 0.15) is 10.4 Å². The molecule has 0 aliphatic heterocycles. The smallest absolute Gasteiger partial charge is 0.257 e. The van der Waals surface area contributed by atoms with Crippen molar-refractivity contribution in [1.29, 1.82) is 0 Å². The fourth-order valence-electron chi connectivity index (χ4n) is 1.80. The van der Waals surface area contributed by atoms with Crippen LogP contribution in [0.15, 0.2) is 35.1 Å². The van der Waals surface area contributed by atoms with Crippen LogP contribution in [0.25, 0.3) is 0 Å². The molecule has 0 saturated carbocycles. The number of hydrogen-bond donors (Lipinski definition) is 2. The Labute approximate surface area is 141 Å². The van der Waals surface area contributed by atoms with Gasteiger partial charge in [0.05, 0.1) is 22.1 Å². The Kier molecular flexibility index (Phi) is 4.84. The number of carbonyl (C=O) groups excluding carboxylic acids is 1. The molecule has 1 aromatic carbocycles. The highest BCUT2D eigenvalue weighted by Gasteiger charge is 2.11. The Hall–Kier alpha value is -1.51. The van der Waals surface area contributed by atoms with Gasteiger partial charge >= 0.3 is 0 Å². The number of anilines is 2. The average molecular weight is 407 g/mol. The summed E-state index contributed by atoms with van der Waals surface area (Å²) in [6, 6.07) is 6.15. The first-order valence-corrected chi connectivity index (χ1v) is 9.12. The van der Waals surface area contributed by atoms with Crippen molar-refractivity contribution in [3.05, 3.63) is 45.7 Å². The van der Waals surface area contributed by atoms with Gasteiger partial charge in [0.25, 0.3) is 5.91 Å². The Balaban J connectivity index is 2.24. The first-order valence-electron chi connectivity index (χ1n) is 6.05. The number of rotatable bonds is 4. The summed E-state index contributed by atoms with van der Waals surface area (Å²) in [6.07, 6.45) is 2.70. The molecule has 9 heteroatoms. The van der Waals surface area contributed by atoms with Crippen molar-refractivity contribution in [2.75, 3.05) is 16.3 Å². The zero-order valence-corrected chi connectivity index (χ0v) is 14.9. The van der Waals surface area contributed by atoms with Gasteiger partial charge in [-0.25, -0.2) is 8.42 Å². The third kappa shape index (κ3) is 4.49. The van der Waals surface area contributed by atoms with E-state index in [1.54, 1.807) is 23.9 Å². The Morgan fingerprint density at radius 2 is 1.86 bits per heavy atom. The fraction of sp³-hybridized carbons (Fsp3) is 0.154. The third-order valence-electron chi connectivity index (χ3n) is 2.67. The topological polar surface area (TPSA) is 80.2 Å².